The van der Waals surface area contributed by atoms with Crippen LogP contribution in [0.1, 0.15) is 24.7 Å². The molecule has 0 radical (unpaired) electrons. The number of para-hydroxylation sites is 2. The fraction of sp³-hybridized carbons (Fsp3) is 0.632. The monoisotopic (exact) mass is 345 g/mol. The van der Waals surface area contributed by atoms with Crippen LogP contribution < -0.4 is 0 Å². The Morgan fingerprint density at radius 3 is 2.44 bits per heavy atom. The van der Waals surface area contributed by atoms with Crippen LogP contribution in [0.3, 0.4) is 0 Å². The lowest BCUT2D eigenvalue weighted by Crippen LogP contribution is -2.46. The molecule has 4 rings (SSSR count). The first-order chi connectivity index (χ1) is 12.3. The summed E-state index contributed by atoms with van der Waals surface area (Å²) in [5, 5.41) is 10.4. The van der Waals surface area contributed by atoms with Crippen LogP contribution in [0.15, 0.2) is 28.7 Å². The predicted octanol–water partition coefficient (Wildman–Crippen LogP) is 1.70. The van der Waals surface area contributed by atoms with E-state index >= 15 is 0 Å². The Kier molecular flexibility index (Phi) is 5.31. The van der Waals surface area contributed by atoms with Gasteiger partial charge in [0.15, 0.2) is 11.5 Å². The van der Waals surface area contributed by atoms with Gasteiger partial charge in [0.25, 0.3) is 0 Å². The molecule has 1 aromatic heterocycles. The van der Waals surface area contributed by atoms with Gasteiger partial charge in [-0.1, -0.05) is 12.1 Å². The number of nitrogens with zero attached hydrogens (tertiary/aromatic N) is 3. The van der Waals surface area contributed by atoms with E-state index in [0.29, 0.717) is 5.92 Å². The molecule has 6 heteroatoms. The number of rotatable bonds is 5. The fourth-order valence-electron chi connectivity index (χ4n) is 3.86. The number of oxazole rings is 1. The first-order valence-electron chi connectivity index (χ1n) is 9.34. The van der Waals surface area contributed by atoms with Crippen LogP contribution in [0.4, 0.5) is 0 Å². The molecule has 1 atom stereocenters. The van der Waals surface area contributed by atoms with Crippen molar-refractivity contribution in [3.05, 3.63) is 30.2 Å². The van der Waals surface area contributed by atoms with Crippen LogP contribution in [-0.2, 0) is 4.74 Å². The number of likely N-dealkylation sites (tertiary alicyclic amines) is 1. The van der Waals surface area contributed by atoms with Crippen LogP contribution in [0.5, 0.6) is 0 Å². The number of hydrogen-bond acceptors (Lipinski definition) is 6. The largest absolute Gasteiger partial charge is 0.440 e. The lowest BCUT2D eigenvalue weighted by atomic mass is 9.96. The molecule has 1 aromatic carbocycles. The van der Waals surface area contributed by atoms with Crippen molar-refractivity contribution in [1.29, 1.82) is 0 Å². The Morgan fingerprint density at radius 2 is 1.72 bits per heavy atom. The molecule has 2 aliphatic heterocycles. The lowest BCUT2D eigenvalue weighted by Gasteiger charge is -2.34. The van der Waals surface area contributed by atoms with E-state index in [-0.39, 0.29) is 6.10 Å². The van der Waals surface area contributed by atoms with E-state index in [1.165, 1.54) is 0 Å². The normalized spacial score (nSPS) is 22.4. The summed E-state index contributed by atoms with van der Waals surface area (Å²) in [6.07, 6.45) is 1.78. The number of benzene rings is 1. The van der Waals surface area contributed by atoms with Crippen LogP contribution in [0.25, 0.3) is 11.1 Å². The molecule has 2 fully saturated rings. The molecule has 136 valence electrons. The Hall–Kier alpha value is -1.47. The smallest absolute Gasteiger partial charge is 0.198 e. The van der Waals surface area contributed by atoms with E-state index in [9.17, 15) is 5.11 Å². The summed E-state index contributed by atoms with van der Waals surface area (Å²) in [5.74, 6) is 1.26. The zero-order valence-corrected chi connectivity index (χ0v) is 14.6. The van der Waals surface area contributed by atoms with Crippen molar-refractivity contribution in [3.8, 4) is 0 Å². The van der Waals surface area contributed by atoms with Crippen molar-refractivity contribution < 1.29 is 14.3 Å². The molecule has 0 amide bonds. The van der Waals surface area contributed by atoms with Crippen molar-refractivity contribution in [1.82, 2.24) is 14.8 Å². The average Bonchev–Trinajstić information content (AvgIpc) is 3.07. The molecule has 0 spiro atoms. The minimum Gasteiger partial charge on any atom is -0.440 e. The van der Waals surface area contributed by atoms with Gasteiger partial charge >= 0.3 is 0 Å². The van der Waals surface area contributed by atoms with E-state index in [1.807, 2.05) is 24.3 Å². The quantitative estimate of drug-likeness (QED) is 0.890. The Morgan fingerprint density at radius 1 is 1.04 bits per heavy atom. The number of morpholine rings is 1. The topological polar surface area (TPSA) is 62.0 Å². The van der Waals surface area contributed by atoms with Crippen molar-refractivity contribution in [2.45, 2.75) is 24.9 Å². The van der Waals surface area contributed by atoms with Crippen LogP contribution in [0.2, 0.25) is 0 Å². The molecule has 1 N–H and O–H groups in total. The van der Waals surface area contributed by atoms with Gasteiger partial charge in [-0.25, -0.2) is 4.98 Å². The number of hydrogen-bond donors (Lipinski definition) is 1. The Balaban J connectivity index is 1.26. The average molecular weight is 345 g/mol. The predicted molar refractivity (Wildman–Crippen MR) is 95.7 cm³/mol. The van der Waals surface area contributed by atoms with Gasteiger partial charge in [-0.15, -0.1) is 0 Å². The van der Waals surface area contributed by atoms with E-state index < -0.39 is 0 Å². The van der Waals surface area contributed by atoms with E-state index in [4.69, 9.17) is 9.15 Å². The number of ether oxygens (including phenoxy) is 1. The summed E-state index contributed by atoms with van der Waals surface area (Å²) in [7, 11) is 0. The van der Waals surface area contributed by atoms with E-state index in [0.717, 1.165) is 82.3 Å². The van der Waals surface area contributed by atoms with Gasteiger partial charge in [0, 0.05) is 32.1 Å². The van der Waals surface area contributed by atoms with Crippen LogP contribution in [-0.4, -0.2) is 78.5 Å². The highest BCUT2D eigenvalue weighted by atomic mass is 16.5. The Labute approximate surface area is 148 Å². The number of aliphatic hydroxyl groups is 1. The molecule has 2 aliphatic rings. The van der Waals surface area contributed by atoms with Gasteiger partial charge in [-0.2, -0.15) is 0 Å². The standard InChI is InChI=1S/C19H27N3O3/c23-16(14-22-9-11-24-12-10-22)13-21-7-5-15(6-8-21)19-20-17-3-1-2-4-18(17)25-19/h1-4,15-16,23H,5-14H2. The van der Waals surface area contributed by atoms with E-state index in [2.05, 4.69) is 14.8 Å². The van der Waals surface area contributed by atoms with Gasteiger partial charge in [0.1, 0.15) is 5.52 Å². The van der Waals surface area contributed by atoms with Crippen molar-refractivity contribution in [2.24, 2.45) is 0 Å². The molecule has 0 aliphatic carbocycles. The summed E-state index contributed by atoms with van der Waals surface area (Å²) < 4.78 is 11.3. The zero-order chi connectivity index (χ0) is 17.1. The summed E-state index contributed by atoms with van der Waals surface area (Å²) in [5.41, 5.74) is 1.82. The molecule has 2 aromatic rings. The molecule has 0 saturated carbocycles. The highest BCUT2D eigenvalue weighted by Gasteiger charge is 2.26. The second-order valence-corrected chi connectivity index (χ2v) is 7.16. The highest BCUT2D eigenvalue weighted by Crippen LogP contribution is 2.29. The number of fused-ring (bicyclic) bond motifs is 1. The summed E-state index contributed by atoms with van der Waals surface area (Å²) in [4.78, 5) is 9.30. The number of piperidine rings is 1. The van der Waals surface area contributed by atoms with Crippen molar-refractivity contribution in [3.63, 3.8) is 0 Å². The second-order valence-electron chi connectivity index (χ2n) is 7.16. The number of β-amino-alcohol motifs (C(OH)–C–C–N with tert-alkyl or cyclic N) is 1. The van der Waals surface area contributed by atoms with Crippen molar-refractivity contribution >= 4 is 11.1 Å². The van der Waals surface area contributed by atoms with Gasteiger partial charge in [-0.3, -0.25) is 4.90 Å². The molecule has 3 heterocycles. The summed E-state index contributed by atoms with van der Waals surface area (Å²) >= 11 is 0. The minimum atomic E-state index is -0.293. The van der Waals surface area contributed by atoms with Gasteiger partial charge < -0.3 is 19.2 Å². The molecule has 0 bridgehead atoms. The maximum atomic E-state index is 10.4. The lowest BCUT2D eigenvalue weighted by molar-refractivity contribution is 0.00490. The molecule has 2 saturated heterocycles. The molecule has 1 unspecified atom stereocenters. The third-order valence-electron chi connectivity index (χ3n) is 5.29. The molecular formula is C19H27N3O3. The highest BCUT2D eigenvalue weighted by molar-refractivity contribution is 5.72. The summed E-state index contributed by atoms with van der Waals surface area (Å²) in [6, 6.07) is 7.95. The summed E-state index contributed by atoms with van der Waals surface area (Å²) in [6.45, 7) is 6.89. The number of aliphatic hydroxyl groups excluding tert-OH is 1. The minimum absolute atomic E-state index is 0.293. The van der Waals surface area contributed by atoms with Gasteiger partial charge in [0.2, 0.25) is 0 Å². The van der Waals surface area contributed by atoms with Gasteiger partial charge in [0.05, 0.1) is 19.3 Å². The fourth-order valence-corrected chi connectivity index (χ4v) is 3.86. The van der Waals surface area contributed by atoms with Crippen LogP contribution >= 0.6 is 0 Å². The Bertz CT molecular complexity index is 642. The zero-order valence-electron chi connectivity index (χ0n) is 14.6. The van der Waals surface area contributed by atoms with E-state index in [1.54, 1.807) is 0 Å². The number of aromatic nitrogens is 1. The maximum absolute atomic E-state index is 10.4. The molecular weight excluding hydrogens is 318 g/mol. The third kappa shape index (κ3) is 4.20. The molecule has 6 nitrogen and oxygen atoms in total. The first-order valence-corrected chi connectivity index (χ1v) is 9.34. The van der Waals surface area contributed by atoms with Gasteiger partial charge in [-0.05, 0) is 38.1 Å². The molecule has 25 heavy (non-hydrogen) atoms. The van der Waals surface area contributed by atoms with Crippen LogP contribution in [0, 0.1) is 0 Å². The first kappa shape index (κ1) is 17.0. The second kappa shape index (κ2) is 7.83. The maximum Gasteiger partial charge on any atom is 0.198 e. The third-order valence-corrected chi connectivity index (χ3v) is 5.29. The SMILES string of the molecule is OC(CN1CCOCC1)CN1CCC(c2nc3ccccc3o2)CC1. The van der Waals surface area contributed by atoms with Crippen molar-refractivity contribution in [2.75, 3.05) is 52.5 Å².